The van der Waals surface area contributed by atoms with E-state index in [0.29, 0.717) is 0 Å². The van der Waals surface area contributed by atoms with Crippen LogP contribution in [0.25, 0.3) is 0 Å². The molecule has 1 aliphatic rings. The van der Waals surface area contributed by atoms with Crippen molar-refractivity contribution in [2.24, 2.45) is 11.8 Å². The number of carbonyl (C=O) groups is 1. The lowest BCUT2D eigenvalue weighted by Gasteiger charge is -2.35. The summed E-state index contributed by atoms with van der Waals surface area (Å²) in [7, 11) is 0. The van der Waals surface area contributed by atoms with Crippen molar-refractivity contribution in [3.05, 3.63) is 11.6 Å². The third-order valence-corrected chi connectivity index (χ3v) is 2.79. The predicted octanol–water partition coefficient (Wildman–Crippen LogP) is 2.00. The lowest BCUT2D eigenvalue weighted by molar-refractivity contribution is -0.131. The number of carboxylic acid groups (broad SMARTS) is 1. The smallest absolute Gasteiger partial charge is 0.328 e. The van der Waals surface area contributed by atoms with Gasteiger partial charge in [0.2, 0.25) is 0 Å². The summed E-state index contributed by atoms with van der Waals surface area (Å²) < 4.78 is 0. The highest BCUT2D eigenvalue weighted by Crippen LogP contribution is 2.21. The van der Waals surface area contributed by atoms with Gasteiger partial charge in [0.05, 0.1) is 0 Å². The van der Waals surface area contributed by atoms with Crippen molar-refractivity contribution in [2.75, 3.05) is 19.6 Å². The van der Waals surface area contributed by atoms with Gasteiger partial charge in [-0.25, -0.2) is 4.79 Å². The van der Waals surface area contributed by atoms with Crippen LogP contribution < -0.4 is 0 Å². The molecule has 1 saturated heterocycles. The van der Waals surface area contributed by atoms with Crippen molar-refractivity contribution in [2.45, 2.75) is 27.2 Å². The number of piperidine rings is 1. The molecule has 0 aliphatic carbocycles. The Kier molecular flexibility index (Phi) is 4.33. The van der Waals surface area contributed by atoms with Crippen LogP contribution in [-0.4, -0.2) is 35.6 Å². The molecule has 3 heteroatoms. The van der Waals surface area contributed by atoms with E-state index in [-0.39, 0.29) is 0 Å². The Labute approximate surface area is 91.8 Å². The fourth-order valence-corrected chi connectivity index (χ4v) is 2.53. The van der Waals surface area contributed by atoms with E-state index in [9.17, 15) is 4.79 Å². The second-order valence-corrected chi connectivity index (χ2v) is 4.97. The van der Waals surface area contributed by atoms with E-state index in [2.05, 4.69) is 18.7 Å². The minimum absolute atomic E-state index is 0.728. The van der Waals surface area contributed by atoms with E-state index >= 15 is 0 Å². The summed E-state index contributed by atoms with van der Waals surface area (Å²) in [5.41, 5.74) is 0.934. The molecule has 2 atom stereocenters. The number of carboxylic acids is 1. The van der Waals surface area contributed by atoms with Crippen molar-refractivity contribution in [1.82, 2.24) is 4.90 Å². The molecular formula is C12H21NO2. The largest absolute Gasteiger partial charge is 0.478 e. The first-order chi connectivity index (χ1) is 6.97. The summed E-state index contributed by atoms with van der Waals surface area (Å²) in [4.78, 5) is 12.8. The third kappa shape index (κ3) is 4.47. The van der Waals surface area contributed by atoms with Gasteiger partial charge in [0.1, 0.15) is 0 Å². The van der Waals surface area contributed by atoms with Gasteiger partial charge in [0.25, 0.3) is 0 Å². The van der Waals surface area contributed by atoms with Gasteiger partial charge < -0.3 is 5.11 Å². The Hall–Kier alpha value is -0.830. The maximum atomic E-state index is 10.5. The SMILES string of the molecule is C/C(=C\C(=O)O)CN1CC(C)CC(C)C1. The van der Waals surface area contributed by atoms with E-state index < -0.39 is 5.97 Å². The van der Waals surface area contributed by atoms with Crippen LogP contribution in [0.5, 0.6) is 0 Å². The Morgan fingerprint density at radius 1 is 1.40 bits per heavy atom. The van der Waals surface area contributed by atoms with E-state index in [0.717, 1.165) is 37.0 Å². The van der Waals surface area contributed by atoms with Gasteiger partial charge in [-0.2, -0.15) is 0 Å². The van der Waals surface area contributed by atoms with Crippen LogP contribution in [0, 0.1) is 11.8 Å². The Morgan fingerprint density at radius 2 is 1.93 bits per heavy atom. The summed E-state index contributed by atoms with van der Waals surface area (Å²) in [5, 5.41) is 8.62. The molecular weight excluding hydrogens is 190 g/mol. The van der Waals surface area contributed by atoms with Crippen molar-refractivity contribution in [1.29, 1.82) is 0 Å². The maximum Gasteiger partial charge on any atom is 0.328 e. The molecule has 0 spiro atoms. The molecule has 1 aliphatic heterocycles. The minimum Gasteiger partial charge on any atom is -0.478 e. The molecule has 1 N–H and O–H groups in total. The molecule has 0 radical (unpaired) electrons. The number of aliphatic carboxylic acids is 1. The average Bonchev–Trinajstić information content (AvgIpc) is 1.98. The summed E-state index contributed by atoms with van der Waals surface area (Å²) in [5.74, 6) is 0.614. The zero-order valence-electron chi connectivity index (χ0n) is 9.86. The molecule has 2 unspecified atom stereocenters. The molecule has 15 heavy (non-hydrogen) atoms. The monoisotopic (exact) mass is 211 g/mol. The van der Waals surface area contributed by atoms with Gasteiger partial charge in [0, 0.05) is 25.7 Å². The standard InChI is InChI=1S/C12H21NO2/c1-9-4-10(2)7-13(6-9)8-11(3)5-12(14)15/h5,9-10H,4,6-8H2,1-3H3,(H,14,15)/b11-5+. The number of likely N-dealkylation sites (tertiary alicyclic amines) is 1. The second kappa shape index (κ2) is 5.31. The zero-order chi connectivity index (χ0) is 11.4. The quantitative estimate of drug-likeness (QED) is 0.726. The summed E-state index contributed by atoms with van der Waals surface area (Å²) in [6.45, 7) is 9.39. The van der Waals surface area contributed by atoms with Crippen molar-refractivity contribution in [3.63, 3.8) is 0 Å². The topological polar surface area (TPSA) is 40.5 Å². The van der Waals surface area contributed by atoms with E-state index in [1.54, 1.807) is 0 Å². The van der Waals surface area contributed by atoms with Crippen LogP contribution in [0.4, 0.5) is 0 Å². The van der Waals surface area contributed by atoms with Gasteiger partial charge in [0.15, 0.2) is 0 Å². The molecule has 0 aromatic heterocycles. The first-order valence-electron chi connectivity index (χ1n) is 5.60. The number of hydrogen-bond donors (Lipinski definition) is 1. The van der Waals surface area contributed by atoms with Crippen LogP contribution in [0.3, 0.4) is 0 Å². The van der Waals surface area contributed by atoms with Crippen molar-refractivity contribution < 1.29 is 9.90 Å². The van der Waals surface area contributed by atoms with Crippen molar-refractivity contribution >= 4 is 5.97 Å². The lowest BCUT2D eigenvalue weighted by atomic mass is 9.91. The Bertz CT molecular complexity index is 250. The molecule has 1 rings (SSSR count). The van der Waals surface area contributed by atoms with Gasteiger partial charge >= 0.3 is 5.97 Å². The zero-order valence-corrected chi connectivity index (χ0v) is 9.86. The molecule has 0 amide bonds. The van der Waals surface area contributed by atoms with E-state index in [1.807, 2.05) is 6.92 Å². The number of hydrogen-bond acceptors (Lipinski definition) is 2. The van der Waals surface area contributed by atoms with Crippen LogP contribution in [0.2, 0.25) is 0 Å². The molecule has 0 bridgehead atoms. The minimum atomic E-state index is -0.842. The number of rotatable bonds is 3. The molecule has 0 saturated carbocycles. The highest BCUT2D eigenvalue weighted by molar-refractivity contribution is 5.80. The van der Waals surface area contributed by atoms with Gasteiger partial charge in [-0.3, -0.25) is 4.90 Å². The highest BCUT2D eigenvalue weighted by Gasteiger charge is 2.21. The van der Waals surface area contributed by atoms with Crippen LogP contribution in [-0.2, 0) is 4.79 Å². The molecule has 3 nitrogen and oxygen atoms in total. The molecule has 86 valence electrons. The van der Waals surface area contributed by atoms with Crippen LogP contribution in [0.1, 0.15) is 27.2 Å². The fourth-order valence-electron chi connectivity index (χ4n) is 2.53. The maximum absolute atomic E-state index is 10.5. The lowest BCUT2D eigenvalue weighted by Crippen LogP contribution is -2.39. The van der Waals surface area contributed by atoms with Gasteiger partial charge in [-0.1, -0.05) is 19.4 Å². The molecule has 1 fully saturated rings. The summed E-state index contributed by atoms with van der Waals surface area (Å²) in [6.07, 6.45) is 2.60. The first-order valence-corrected chi connectivity index (χ1v) is 5.60. The Balaban J connectivity index is 2.47. The van der Waals surface area contributed by atoms with Crippen LogP contribution >= 0.6 is 0 Å². The fraction of sp³-hybridized carbons (Fsp3) is 0.750. The number of nitrogens with zero attached hydrogens (tertiary/aromatic N) is 1. The summed E-state index contributed by atoms with van der Waals surface area (Å²) >= 11 is 0. The van der Waals surface area contributed by atoms with Gasteiger partial charge in [-0.05, 0) is 25.2 Å². The molecule has 0 aromatic carbocycles. The predicted molar refractivity (Wildman–Crippen MR) is 60.8 cm³/mol. The second-order valence-electron chi connectivity index (χ2n) is 4.97. The van der Waals surface area contributed by atoms with Crippen molar-refractivity contribution in [3.8, 4) is 0 Å². The van der Waals surface area contributed by atoms with E-state index in [1.165, 1.54) is 12.5 Å². The Morgan fingerprint density at radius 3 is 2.40 bits per heavy atom. The van der Waals surface area contributed by atoms with E-state index in [4.69, 9.17) is 5.11 Å². The van der Waals surface area contributed by atoms with Crippen LogP contribution in [0.15, 0.2) is 11.6 Å². The average molecular weight is 211 g/mol. The summed E-state index contributed by atoms with van der Waals surface area (Å²) in [6, 6.07) is 0. The molecule has 1 heterocycles. The normalized spacial score (nSPS) is 29.1. The molecule has 0 aromatic rings. The first kappa shape index (κ1) is 12.2. The third-order valence-electron chi connectivity index (χ3n) is 2.79. The highest BCUT2D eigenvalue weighted by atomic mass is 16.4. The van der Waals surface area contributed by atoms with Gasteiger partial charge in [-0.15, -0.1) is 0 Å².